The molecule has 3 N–H and O–H groups in total. The van der Waals surface area contributed by atoms with Crippen LogP contribution < -0.4 is 0 Å². The van der Waals surface area contributed by atoms with E-state index in [0.29, 0.717) is 23.6 Å². The average molecular weight is 360 g/mol. The third kappa shape index (κ3) is 4.30. The van der Waals surface area contributed by atoms with Crippen LogP contribution in [0.3, 0.4) is 0 Å². The maximum atomic E-state index is 12.3. The zero-order chi connectivity index (χ0) is 19.3. The zero-order valence-electron chi connectivity index (χ0n) is 14.3. The number of fused-ring (bicyclic) bond motifs is 1. The first-order valence-corrected chi connectivity index (χ1v) is 8.23. The van der Waals surface area contributed by atoms with Crippen molar-refractivity contribution in [1.29, 1.82) is 0 Å². The summed E-state index contributed by atoms with van der Waals surface area (Å²) in [4.78, 5) is 34.7. The molecule has 0 heterocycles. The van der Waals surface area contributed by atoms with Crippen LogP contribution in [0, 0.1) is 5.92 Å². The van der Waals surface area contributed by atoms with Gasteiger partial charge in [-0.05, 0) is 24.0 Å². The number of aliphatic hydroxyl groups excluding tert-OH is 1. The molecule has 2 rings (SSSR count). The zero-order valence-corrected chi connectivity index (χ0v) is 14.3. The van der Waals surface area contributed by atoms with Gasteiger partial charge >= 0.3 is 17.9 Å². The first-order valence-electron chi connectivity index (χ1n) is 8.23. The number of ether oxygens (including phenoxy) is 1. The summed E-state index contributed by atoms with van der Waals surface area (Å²) in [7, 11) is 0. The van der Waals surface area contributed by atoms with Crippen LogP contribution in [0.2, 0.25) is 0 Å². The van der Waals surface area contributed by atoms with Gasteiger partial charge in [-0.1, -0.05) is 37.6 Å². The second kappa shape index (κ2) is 8.33. The maximum absolute atomic E-state index is 12.3. The Morgan fingerprint density at radius 1 is 1.23 bits per heavy atom. The van der Waals surface area contributed by atoms with Crippen LogP contribution in [0.5, 0.6) is 0 Å². The van der Waals surface area contributed by atoms with Gasteiger partial charge < -0.3 is 20.1 Å². The molecule has 1 aromatic rings. The number of carbonyl (C=O) groups excluding carboxylic acids is 1. The highest BCUT2D eigenvalue weighted by Crippen LogP contribution is 2.34. The number of carboxylic acids is 2. The largest absolute Gasteiger partial charge is 0.507 e. The minimum absolute atomic E-state index is 0.0753. The van der Waals surface area contributed by atoms with E-state index in [1.165, 1.54) is 18.2 Å². The number of unbranched alkanes of at least 4 members (excludes halogenated alkanes) is 1. The van der Waals surface area contributed by atoms with Gasteiger partial charge in [0.1, 0.15) is 5.76 Å². The van der Waals surface area contributed by atoms with E-state index in [2.05, 4.69) is 0 Å². The molecule has 0 bridgehead atoms. The van der Waals surface area contributed by atoms with E-state index in [9.17, 15) is 24.6 Å². The van der Waals surface area contributed by atoms with Gasteiger partial charge in [0.15, 0.2) is 0 Å². The Balaban J connectivity index is 2.45. The first-order chi connectivity index (χ1) is 12.3. The Kier molecular flexibility index (Phi) is 6.16. The van der Waals surface area contributed by atoms with Crippen LogP contribution in [0.25, 0.3) is 11.3 Å². The quantitative estimate of drug-likeness (QED) is 0.296. The third-order valence-corrected chi connectivity index (χ3v) is 4.07. The monoisotopic (exact) mass is 360 g/mol. The molecule has 1 aliphatic carbocycles. The molecule has 1 atom stereocenters. The summed E-state index contributed by atoms with van der Waals surface area (Å²) in [5.41, 5.74) is 0.856. The van der Waals surface area contributed by atoms with Gasteiger partial charge in [0.25, 0.3) is 0 Å². The molecule has 1 aliphatic rings. The SMILES string of the molecule is CCCCOC(=O)[C@H]1C=C(C(=O)O)c2cccc(C(O)=CC(=O)O)c2C1. The Morgan fingerprint density at radius 2 is 1.96 bits per heavy atom. The van der Waals surface area contributed by atoms with Crippen molar-refractivity contribution < 1.29 is 34.4 Å². The average Bonchev–Trinajstić information content (AvgIpc) is 2.59. The second-order valence-electron chi connectivity index (χ2n) is 5.92. The van der Waals surface area contributed by atoms with Gasteiger partial charge in [0, 0.05) is 5.56 Å². The van der Waals surface area contributed by atoms with E-state index in [1.807, 2.05) is 6.92 Å². The van der Waals surface area contributed by atoms with Crippen LogP contribution in [0.4, 0.5) is 0 Å². The predicted molar refractivity (Wildman–Crippen MR) is 93.4 cm³/mol. The predicted octanol–water partition coefficient (Wildman–Crippen LogP) is 2.65. The Labute approximate surface area is 150 Å². The molecule has 0 aromatic heterocycles. The van der Waals surface area contributed by atoms with Crippen molar-refractivity contribution in [3.05, 3.63) is 47.0 Å². The van der Waals surface area contributed by atoms with E-state index in [0.717, 1.165) is 6.42 Å². The number of hydrogen-bond acceptors (Lipinski definition) is 5. The fourth-order valence-electron chi connectivity index (χ4n) is 2.83. The van der Waals surface area contributed by atoms with Crippen LogP contribution in [0.1, 0.15) is 36.5 Å². The Hall–Kier alpha value is -3.09. The van der Waals surface area contributed by atoms with Crippen molar-refractivity contribution in [1.82, 2.24) is 0 Å². The Morgan fingerprint density at radius 3 is 2.58 bits per heavy atom. The molecule has 0 fully saturated rings. The molecule has 1 aromatic carbocycles. The van der Waals surface area contributed by atoms with Gasteiger partial charge in [-0.3, -0.25) is 4.79 Å². The van der Waals surface area contributed by atoms with Crippen molar-refractivity contribution in [3.63, 3.8) is 0 Å². The van der Waals surface area contributed by atoms with Crippen molar-refractivity contribution >= 4 is 29.2 Å². The number of aliphatic hydroxyl groups is 1. The lowest BCUT2D eigenvalue weighted by atomic mass is 9.81. The molecular weight excluding hydrogens is 340 g/mol. The minimum atomic E-state index is -1.33. The van der Waals surface area contributed by atoms with Gasteiger partial charge in [-0.2, -0.15) is 0 Å². The molecular formula is C19H20O7. The van der Waals surface area contributed by atoms with Crippen molar-refractivity contribution in [2.45, 2.75) is 26.2 Å². The summed E-state index contributed by atoms with van der Waals surface area (Å²) in [6, 6.07) is 4.57. The third-order valence-electron chi connectivity index (χ3n) is 4.07. The van der Waals surface area contributed by atoms with Crippen LogP contribution in [0.15, 0.2) is 30.4 Å². The summed E-state index contributed by atoms with van der Waals surface area (Å²) < 4.78 is 5.18. The van der Waals surface area contributed by atoms with E-state index in [4.69, 9.17) is 9.84 Å². The molecule has 7 nitrogen and oxygen atoms in total. The molecule has 0 radical (unpaired) electrons. The molecule has 0 saturated carbocycles. The van der Waals surface area contributed by atoms with Gasteiger partial charge in [-0.15, -0.1) is 0 Å². The fraction of sp³-hybridized carbons (Fsp3) is 0.316. The van der Waals surface area contributed by atoms with Crippen LogP contribution >= 0.6 is 0 Å². The lowest BCUT2D eigenvalue weighted by Gasteiger charge is -2.23. The molecule has 0 unspecified atom stereocenters. The number of aliphatic carboxylic acids is 2. The highest BCUT2D eigenvalue weighted by molar-refractivity contribution is 6.17. The van der Waals surface area contributed by atoms with E-state index in [-0.39, 0.29) is 24.2 Å². The maximum Gasteiger partial charge on any atom is 0.336 e. The van der Waals surface area contributed by atoms with Crippen molar-refractivity contribution in [2.75, 3.05) is 6.61 Å². The van der Waals surface area contributed by atoms with E-state index >= 15 is 0 Å². The van der Waals surface area contributed by atoms with Gasteiger partial charge in [0.05, 0.1) is 24.2 Å². The molecule has 0 spiro atoms. The lowest BCUT2D eigenvalue weighted by molar-refractivity contribution is -0.147. The van der Waals surface area contributed by atoms with Crippen LogP contribution in [-0.4, -0.2) is 39.8 Å². The van der Waals surface area contributed by atoms with Crippen molar-refractivity contribution in [3.8, 4) is 0 Å². The lowest BCUT2D eigenvalue weighted by Crippen LogP contribution is -2.24. The smallest absolute Gasteiger partial charge is 0.336 e. The number of carbonyl (C=O) groups is 3. The first kappa shape index (κ1) is 19.2. The minimum Gasteiger partial charge on any atom is -0.507 e. The molecule has 0 aliphatic heterocycles. The van der Waals surface area contributed by atoms with E-state index < -0.39 is 29.6 Å². The molecule has 7 heteroatoms. The second-order valence-corrected chi connectivity index (χ2v) is 5.92. The van der Waals surface area contributed by atoms with Crippen molar-refractivity contribution in [2.24, 2.45) is 5.92 Å². The number of benzene rings is 1. The number of esters is 1. The fourth-order valence-corrected chi connectivity index (χ4v) is 2.83. The summed E-state index contributed by atoms with van der Waals surface area (Å²) in [6.45, 7) is 2.21. The highest BCUT2D eigenvalue weighted by atomic mass is 16.5. The van der Waals surface area contributed by atoms with Gasteiger partial charge in [0.2, 0.25) is 0 Å². The summed E-state index contributed by atoms with van der Waals surface area (Å²) >= 11 is 0. The summed E-state index contributed by atoms with van der Waals surface area (Å²) in [5.74, 6) is -4.40. The highest BCUT2D eigenvalue weighted by Gasteiger charge is 2.30. The number of carboxylic acid groups (broad SMARTS) is 2. The standard InChI is InChI=1S/C19H20O7/c1-2-3-7-26-19(25)11-8-14-12(15(9-11)18(23)24)5-4-6-13(14)16(20)10-17(21)22/h4-6,9-11,20H,2-3,7-8H2,1H3,(H,21,22)(H,23,24)/t11-/m1/s1. The van der Waals surface area contributed by atoms with E-state index in [1.54, 1.807) is 6.07 Å². The molecule has 26 heavy (non-hydrogen) atoms. The topological polar surface area (TPSA) is 121 Å². The summed E-state index contributed by atoms with van der Waals surface area (Å²) in [5, 5.41) is 28.4. The molecule has 0 saturated heterocycles. The van der Waals surface area contributed by atoms with Gasteiger partial charge in [-0.25, -0.2) is 9.59 Å². The summed E-state index contributed by atoms with van der Waals surface area (Å²) in [6.07, 6.45) is 3.65. The normalized spacial score (nSPS) is 16.4. The molecule has 138 valence electrons. The number of hydrogen-bond donors (Lipinski definition) is 3. The Bertz CT molecular complexity index is 789. The van der Waals surface area contributed by atoms with Crippen LogP contribution in [-0.2, 0) is 25.5 Å². The molecule has 0 amide bonds. The number of rotatable bonds is 7.